The van der Waals surface area contributed by atoms with Gasteiger partial charge in [-0.15, -0.1) is 0 Å². The number of hydrogen-bond donors (Lipinski definition) is 2. The molecule has 0 radical (unpaired) electrons. The van der Waals surface area contributed by atoms with E-state index in [1.54, 1.807) is 39.0 Å². The third-order valence-corrected chi connectivity index (χ3v) is 2.62. The van der Waals surface area contributed by atoms with Crippen molar-refractivity contribution in [3.63, 3.8) is 0 Å². The molecule has 0 fully saturated rings. The van der Waals surface area contributed by atoms with Crippen LogP contribution >= 0.6 is 0 Å². The Kier molecular flexibility index (Phi) is 2.39. The SMILES string of the molecule is CC1Oc2cc(C(C)(C)O)ccc2NC1=O. The number of fused-ring (bicyclic) bond motifs is 1. The number of carbonyl (C=O) groups is 1. The molecular weight excluding hydrogens is 206 g/mol. The van der Waals surface area contributed by atoms with Crippen molar-refractivity contribution in [1.29, 1.82) is 0 Å². The summed E-state index contributed by atoms with van der Waals surface area (Å²) in [6, 6.07) is 5.27. The zero-order valence-corrected chi connectivity index (χ0v) is 9.57. The summed E-state index contributed by atoms with van der Waals surface area (Å²) in [5.41, 5.74) is 0.494. The lowest BCUT2D eigenvalue weighted by Crippen LogP contribution is -2.34. The van der Waals surface area contributed by atoms with Crippen LogP contribution < -0.4 is 10.1 Å². The Morgan fingerprint density at radius 2 is 2.12 bits per heavy atom. The molecule has 0 aromatic heterocycles. The molecule has 1 heterocycles. The first kappa shape index (κ1) is 11.0. The molecule has 0 bridgehead atoms. The molecule has 86 valence electrons. The average Bonchev–Trinajstić information content (AvgIpc) is 2.17. The summed E-state index contributed by atoms with van der Waals surface area (Å²) in [5.74, 6) is 0.454. The van der Waals surface area contributed by atoms with Gasteiger partial charge in [0.15, 0.2) is 6.10 Å². The number of ether oxygens (including phenoxy) is 1. The molecule has 1 aliphatic heterocycles. The van der Waals surface area contributed by atoms with Gasteiger partial charge in [-0.05, 0) is 38.5 Å². The molecule has 1 aliphatic rings. The van der Waals surface area contributed by atoms with Crippen molar-refractivity contribution in [2.75, 3.05) is 5.32 Å². The second-order valence-electron chi connectivity index (χ2n) is 4.52. The van der Waals surface area contributed by atoms with Crippen molar-refractivity contribution >= 4 is 11.6 Å². The monoisotopic (exact) mass is 221 g/mol. The van der Waals surface area contributed by atoms with E-state index in [-0.39, 0.29) is 5.91 Å². The lowest BCUT2D eigenvalue weighted by atomic mass is 9.97. The minimum absolute atomic E-state index is 0.150. The van der Waals surface area contributed by atoms with Crippen LogP contribution in [0.3, 0.4) is 0 Å². The number of anilines is 1. The summed E-state index contributed by atoms with van der Waals surface area (Å²) < 4.78 is 5.46. The van der Waals surface area contributed by atoms with E-state index in [9.17, 15) is 9.90 Å². The van der Waals surface area contributed by atoms with Crippen LogP contribution in [0, 0.1) is 0 Å². The normalized spacial score (nSPS) is 19.8. The Morgan fingerprint density at radius 3 is 2.75 bits per heavy atom. The fraction of sp³-hybridized carbons (Fsp3) is 0.417. The maximum absolute atomic E-state index is 11.4. The Bertz CT molecular complexity index is 434. The highest BCUT2D eigenvalue weighted by molar-refractivity contribution is 5.97. The highest BCUT2D eigenvalue weighted by Gasteiger charge is 2.25. The molecule has 1 atom stereocenters. The van der Waals surface area contributed by atoms with Crippen molar-refractivity contribution in [3.8, 4) is 5.75 Å². The van der Waals surface area contributed by atoms with Gasteiger partial charge in [0.05, 0.1) is 11.3 Å². The lowest BCUT2D eigenvalue weighted by molar-refractivity contribution is -0.122. The minimum Gasteiger partial charge on any atom is -0.479 e. The van der Waals surface area contributed by atoms with Gasteiger partial charge < -0.3 is 15.2 Å². The number of rotatable bonds is 1. The van der Waals surface area contributed by atoms with Crippen LogP contribution in [0.1, 0.15) is 26.3 Å². The fourth-order valence-electron chi connectivity index (χ4n) is 1.58. The molecule has 0 spiro atoms. The highest BCUT2D eigenvalue weighted by atomic mass is 16.5. The van der Waals surface area contributed by atoms with Crippen molar-refractivity contribution in [3.05, 3.63) is 23.8 Å². The molecule has 1 aromatic carbocycles. The van der Waals surface area contributed by atoms with Crippen LogP contribution in [-0.4, -0.2) is 17.1 Å². The number of benzene rings is 1. The first-order valence-electron chi connectivity index (χ1n) is 5.22. The largest absolute Gasteiger partial charge is 0.479 e. The van der Waals surface area contributed by atoms with E-state index in [0.29, 0.717) is 11.4 Å². The molecule has 1 aromatic rings. The summed E-state index contributed by atoms with van der Waals surface area (Å²) in [7, 11) is 0. The van der Waals surface area contributed by atoms with Crippen molar-refractivity contribution in [2.24, 2.45) is 0 Å². The van der Waals surface area contributed by atoms with Gasteiger partial charge in [0.1, 0.15) is 5.75 Å². The number of aliphatic hydroxyl groups is 1. The van der Waals surface area contributed by atoms with Crippen molar-refractivity contribution < 1.29 is 14.6 Å². The van der Waals surface area contributed by atoms with E-state index in [1.165, 1.54) is 0 Å². The molecule has 1 unspecified atom stereocenters. The first-order chi connectivity index (χ1) is 7.38. The second kappa shape index (κ2) is 3.49. The van der Waals surface area contributed by atoms with E-state index in [0.717, 1.165) is 5.56 Å². The highest BCUT2D eigenvalue weighted by Crippen LogP contribution is 2.33. The van der Waals surface area contributed by atoms with Gasteiger partial charge in [-0.25, -0.2) is 0 Å². The summed E-state index contributed by atoms with van der Waals surface area (Å²) in [4.78, 5) is 11.4. The number of amides is 1. The van der Waals surface area contributed by atoms with E-state index in [4.69, 9.17) is 4.74 Å². The lowest BCUT2D eigenvalue weighted by Gasteiger charge is -2.26. The van der Waals surface area contributed by atoms with Gasteiger partial charge in [-0.1, -0.05) is 6.07 Å². The van der Waals surface area contributed by atoms with Crippen molar-refractivity contribution in [1.82, 2.24) is 0 Å². The number of nitrogens with one attached hydrogen (secondary N) is 1. The number of hydrogen-bond acceptors (Lipinski definition) is 3. The number of carbonyl (C=O) groups excluding carboxylic acids is 1. The van der Waals surface area contributed by atoms with Gasteiger partial charge in [-0.2, -0.15) is 0 Å². The molecule has 0 aliphatic carbocycles. The van der Waals surface area contributed by atoms with Crippen LogP contribution in [0.5, 0.6) is 5.75 Å². The quantitative estimate of drug-likeness (QED) is 0.757. The van der Waals surface area contributed by atoms with Crippen LogP contribution in [0.4, 0.5) is 5.69 Å². The zero-order chi connectivity index (χ0) is 11.9. The Morgan fingerprint density at radius 1 is 1.44 bits per heavy atom. The first-order valence-corrected chi connectivity index (χ1v) is 5.22. The van der Waals surface area contributed by atoms with Gasteiger partial charge in [-0.3, -0.25) is 4.79 Å². The molecule has 4 nitrogen and oxygen atoms in total. The predicted molar refractivity (Wildman–Crippen MR) is 60.4 cm³/mol. The van der Waals surface area contributed by atoms with Gasteiger partial charge >= 0.3 is 0 Å². The third kappa shape index (κ3) is 1.88. The summed E-state index contributed by atoms with van der Waals surface area (Å²) in [6.07, 6.45) is -0.496. The summed E-state index contributed by atoms with van der Waals surface area (Å²) >= 11 is 0. The smallest absolute Gasteiger partial charge is 0.265 e. The van der Waals surface area contributed by atoms with E-state index < -0.39 is 11.7 Å². The second-order valence-corrected chi connectivity index (χ2v) is 4.52. The summed E-state index contributed by atoms with van der Waals surface area (Å²) in [5, 5.41) is 12.6. The maximum atomic E-state index is 11.4. The third-order valence-electron chi connectivity index (χ3n) is 2.62. The van der Waals surface area contributed by atoms with Gasteiger partial charge in [0.2, 0.25) is 0 Å². The van der Waals surface area contributed by atoms with Crippen LogP contribution in [0.25, 0.3) is 0 Å². The van der Waals surface area contributed by atoms with Crippen molar-refractivity contribution in [2.45, 2.75) is 32.5 Å². The molecular formula is C12H15NO3. The minimum atomic E-state index is -0.914. The molecule has 0 saturated carbocycles. The molecule has 16 heavy (non-hydrogen) atoms. The van der Waals surface area contributed by atoms with Crippen LogP contribution in [-0.2, 0) is 10.4 Å². The molecule has 1 amide bonds. The standard InChI is InChI=1S/C12H15NO3/c1-7-11(14)13-9-5-4-8(12(2,3)15)6-10(9)16-7/h4-7,15H,1-3H3,(H,13,14). The molecule has 2 N–H and O–H groups in total. The zero-order valence-electron chi connectivity index (χ0n) is 9.57. The Labute approximate surface area is 94.2 Å². The Balaban J connectivity index is 2.40. The molecule has 0 saturated heterocycles. The van der Waals surface area contributed by atoms with E-state index in [2.05, 4.69) is 5.32 Å². The van der Waals surface area contributed by atoms with Gasteiger partial charge in [0, 0.05) is 0 Å². The Hall–Kier alpha value is -1.55. The van der Waals surface area contributed by atoms with Gasteiger partial charge in [0.25, 0.3) is 5.91 Å². The van der Waals surface area contributed by atoms with Crippen LogP contribution in [0.15, 0.2) is 18.2 Å². The molecule has 2 rings (SSSR count). The van der Waals surface area contributed by atoms with Crippen LogP contribution in [0.2, 0.25) is 0 Å². The average molecular weight is 221 g/mol. The fourth-order valence-corrected chi connectivity index (χ4v) is 1.58. The molecule has 4 heteroatoms. The topological polar surface area (TPSA) is 58.6 Å². The van der Waals surface area contributed by atoms with E-state index in [1.807, 2.05) is 0 Å². The van der Waals surface area contributed by atoms with E-state index >= 15 is 0 Å². The maximum Gasteiger partial charge on any atom is 0.265 e. The summed E-state index contributed by atoms with van der Waals surface area (Å²) in [6.45, 7) is 5.11. The predicted octanol–water partition coefficient (Wildman–Crippen LogP) is 1.63.